The van der Waals surface area contributed by atoms with Gasteiger partial charge in [0.1, 0.15) is 38.0 Å². The highest BCUT2D eigenvalue weighted by atomic mass is 16.6. The fourth-order valence-electron chi connectivity index (χ4n) is 5.96. The Labute approximate surface area is 314 Å². The zero-order chi connectivity index (χ0) is 40.8. The van der Waals surface area contributed by atoms with Gasteiger partial charge in [-0.2, -0.15) is 0 Å². The minimum Gasteiger partial charge on any atom is -0.386 e. The number of ether oxygens (including phenoxy) is 6. The van der Waals surface area contributed by atoms with Gasteiger partial charge in [0.2, 0.25) is 0 Å². The summed E-state index contributed by atoms with van der Waals surface area (Å²) in [5, 5.41) is 21.9. The maximum absolute atomic E-state index is 12.0. The van der Waals surface area contributed by atoms with E-state index in [1.807, 2.05) is 83.1 Å². The van der Waals surface area contributed by atoms with Gasteiger partial charge in [0.25, 0.3) is 11.1 Å². The van der Waals surface area contributed by atoms with E-state index < -0.39 is 71.4 Å². The lowest BCUT2D eigenvalue weighted by Crippen LogP contribution is -2.42. The van der Waals surface area contributed by atoms with E-state index in [4.69, 9.17) is 29.8 Å². The molecule has 0 saturated carbocycles. The highest BCUT2D eigenvalue weighted by molar-refractivity contribution is 5.69. The van der Waals surface area contributed by atoms with Crippen LogP contribution in [-0.4, -0.2) is 121 Å². The number of nitrogens with zero attached hydrogens (tertiary/aromatic N) is 6. The van der Waals surface area contributed by atoms with Crippen LogP contribution in [0.1, 0.15) is 96.9 Å². The van der Waals surface area contributed by atoms with Crippen LogP contribution in [0.5, 0.6) is 0 Å². The third-order valence-corrected chi connectivity index (χ3v) is 8.16. The average molecular weight is 762 g/mol. The predicted octanol–water partition coefficient (Wildman–Crippen LogP) is 2.75. The molecule has 2 aliphatic heterocycles. The van der Waals surface area contributed by atoms with E-state index in [1.165, 1.54) is 23.5 Å². The van der Waals surface area contributed by atoms with Crippen molar-refractivity contribution >= 4 is 22.3 Å². The van der Waals surface area contributed by atoms with E-state index in [0.29, 0.717) is 5.65 Å². The smallest absolute Gasteiger partial charge is 0.278 e. The fourth-order valence-corrected chi connectivity index (χ4v) is 5.96. The maximum Gasteiger partial charge on any atom is 0.278 e. The monoisotopic (exact) mass is 761 g/mol. The van der Waals surface area contributed by atoms with Gasteiger partial charge in [-0.05, 0) is 83.1 Å². The minimum atomic E-state index is -1.10. The molecule has 2 fully saturated rings. The Bertz CT molecular complexity index is 2040. The first kappa shape index (κ1) is 40.1. The second-order valence-corrected chi connectivity index (χ2v) is 17.4. The van der Waals surface area contributed by atoms with Crippen LogP contribution in [0.25, 0.3) is 22.3 Å². The van der Waals surface area contributed by atoms with Gasteiger partial charge < -0.3 is 48.6 Å². The Morgan fingerprint density at radius 3 is 1.50 bits per heavy atom. The molecule has 0 spiro atoms. The van der Waals surface area contributed by atoms with Gasteiger partial charge in [0, 0.05) is 0 Å². The lowest BCUT2D eigenvalue weighted by atomic mass is 10.1. The minimum absolute atomic E-state index is 0.0194. The molecule has 2 aliphatic rings. The molecular weight excluding hydrogens is 704 g/mol. The first-order valence-electron chi connectivity index (χ1n) is 18.5. The molecule has 0 aliphatic carbocycles. The van der Waals surface area contributed by atoms with Crippen molar-refractivity contribution in [2.45, 2.75) is 155 Å². The van der Waals surface area contributed by atoms with E-state index in [1.54, 1.807) is 4.57 Å². The van der Waals surface area contributed by atoms with Gasteiger partial charge >= 0.3 is 0 Å². The second-order valence-electron chi connectivity index (χ2n) is 17.4. The third kappa shape index (κ3) is 9.97. The van der Waals surface area contributed by atoms with E-state index in [2.05, 4.69) is 29.9 Å². The number of hydrogen-bond acceptors (Lipinski definition) is 14. The van der Waals surface area contributed by atoms with Gasteiger partial charge in [-0.3, -0.25) is 18.7 Å². The summed E-state index contributed by atoms with van der Waals surface area (Å²) in [4.78, 5) is 45.1. The van der Waals surface area contributed by atoms with Crippen molar-refractivity contribution < 1.29 is 40.0 Å². The molecule has 300 valence electrons. The number of hydrogen-bond donors (Lipinski definition) is 4. The van der Waals surface area contributed by atoms with E-state index in [-0.39, 0.29) is 47.4 Å². The fraction of sp³-hybridized carbons (Fsp3) is 0.722. The first-order chi connectivity index (χ1) is 25.3. The van der Waals surface area contributed by atoms with Crippen LogP contribution in [0.4, 0.5) is 0 Å². The maximum atomic E-state index is 12.0. The van der Waals surface area contributed by atoms with Crippen molar-refractivity contribution in [2.24, 2.45) is 0 Å². The van der Waals surface area contributed by atoms with Crippen molar-refractivity contribution in [1.82, 2.24) is 39.0 Å². The molecule has 6 rings (SSSR count). The van der Waals surface area contributed by atoms with Crippen LogP contribution in [0.3, 0.4) is 0 Å². The van der Waals surface area contributed by atoms with Gasteiger partial charge in [-0.1, -0.05) is 0 Å². The number of rotatable bonds is 8. The molecule has 2 saturated heterocycles. The standard InChI is InChI=1S/2C18H28N4O5/c2*1-17(2,3)25-7-10-13(27-18(4,5)6)12(23)16(26-10)22-9-21-11-14(22)19-8-20-15(11)24/h2*8-10,12-13,16,23H,7H2,1-6H3,(H,19,20,24)/t2*10-,12-,13?,16?/m11/s1/i9D;. The molecule has 0 radical (unpaired) electrons. The molecule has 6 heterocycles. The molecule has 18 heteroatoms. The van der Waals surface area contributed by atoms with Crippen LogP contribution in [0.15, 0.2) is 34.9 Å². The van der Waals surface area contributed by atoms with Crippen molar-refractivity contribution in [3.63, 3.8) is 0 Å². The van der Waals surface area contributed by atoms with Gasteiger partial charge in [0.05, 0.1) is 60.9 Å². The number of aromatic nitrogens is 8. The van der Waals surface area contributed by atoms with Crippen LogP contribution in [0, 0.1) is 0 Å². The van der Waals surface area contributed by atoms with Crippen molar-refractivity contribution in [1.29, 1.82) is 0 Å². The molecule has 0 aromatic carbocycles. The number of aliphatic hydroxyl groups excluding tert-OH is 2. The largest absolute Gasteiger partial charge is 0.386 e. The van der Waals surface area contributed by atoms with E-state index in [9.17, 15) is 19.8 Å². The molecule has 0 bridgehead atoms. The highest BCUT2D eigenvalue weighted by Gasteiger charge is 2.49. The number of H-pyrrole nitrogens is 2. The summed E-state index contributed by atoms with van der Waals surface area (Å²) in [6, 6.07) is 0. The summed E-state index contributed by atoms with van der Waals surface area (Å²) in [6.07, 6.45) is -2.44. The lowest BCUT2D eigenvalue weighted by molar-refractivity contribution is -0.138. The van der Waals surface area contributed by atoms with Gasteiger partial charge in [0.15, 0.2) is 34.8 Å². The summed E-state index contributed by atoms with van der Waals surface area (Å²) < 4.78 is 47.0. The molecule has 8 atom stereocenters. The second kappa shape index (κ2) is 15.5. The Morgan fingerprint density at radius 2 is 1.07 bits per heavy atom. The lowest BCUT2D eigenvalue weighted by Gasteiger charge is -2.30. The highest BCUT2D eigenvalue weighted by Crippen LogP contribution is 2.37. The zero-order valence-electron chi connectivity index (χ0n) is 34.1. The van der Waals surface area contributed by atoms with Crippen LogP contribution in [-0.2, 0) is 28.4 Å². The Hall–Kier alpha value is -3.62. The van der Waals surface area contributed by atoms with Crippen LogP contribution >= 0.6 is 0 Å². The predicted molar refractivity (Wildman–Crippen MR) is 197 cm³/mol. The molecule has 4 unspecified atom stereocenters. The Kier molecular flexibility index (Phi) is 11.5. The van der Waals surface area contributed by atoms with Crippen molar-refractivity contribution in [3.8, 4) is 0 Å². The SMILES string of the molecule is CC(C)(C)OC[C@H]1OC(n2cnc3c(=O)[nH]cnc32)[C@H](O)C1OC(C)(C)C.[2H]c1nc2c(=O)[nH]cnc2n1C1O[C@H](COC(C)(C)C)C(OC(C)(C)C)[C@H]1O. The number of nitrogens with one attached hydrogen (secondary N) is 2. The van der Waals surface area contributed by atoms with Gasteiger partial charge in [-0.25, -0.2) is 19.9 Å². The van der Waals surface area contributed by atoms with Crippen molar-refractivity contribution in [3.05, 3.63) is 46.0 Å². The Balaban J connectivity index is 0.000000211. The summed E-state index contributed by atoms with van der Waals surface area (Å²) >= 11 is 0. The molecule has 4 aromatic rings. The molecule has 18 nitrogen and oxygen atoms in total. The van der Waals surface area contributed by atoms with Crippen molar-refractivity contribution in [2.75, 3.05) is 13.2 Å². The number of fused-ring (bicyclic) bond motifs is 2. The first-order valence-corrected chi connectivity index (χ1v) is 18.0. The van der Waals surface area contributed by atoms with E-state index >= 15 is 0 Å². The zero-order valence-corrected chi connectivity index (χ0v) is 33.1. The normalized spacial score (nSPS) is 27.0. The molecule has 4 N–H and O–H groups in total. The average Bonchev–Trinajstić information content (AvgIpc) is 3.78. The third-order valence-electron chi connectivity index (χ3n) is 8.16. The number of aromatic amines is 2. The molecular formula is C36H56N8O10. The topological polar surface area (TPSA) is 223 Å². The van der Waals surface area contributed by atoms with Crippen LogP contribution < -0.4 is 11.1 Å². The van der Waals surface area contributed by atoms with Gasteiger partial charge in [-0.15, -0.1) is 0 Å². The molecule has 54 heavy (non-hydrogen) atoms. The summed E-state index contributed by atoms with van der Waals surface area (Å²) in [5.41, 5.74) is -1.83. The number of aliphatic hydroxyl groups is 2. The molecule has 0 amide bonds. The van der Waals surface area contributed by atoms with Crippen LogP contribution in [0.2, 0.25) is 0 Å². The number of imidazole rings is 2. The summed E-state index contributed by atoms with van der Waals surface area (Å²) in [5.74, 6) is 0. The van der Waals surface area contributed by atoms with E-state index in [0.717, 1.165) is 0 Å². The quantitative estimate of drug-likeness (QED) is 0.203. The summed E-state index contributed by atoms with van der Waals surface area (Å²) in [7, 11) is 0. The Morgan fingerprint density at radius 1 is 0.667 bits per heavy atom. The summed E-state index contributed by atoms with van der Waals surface area (Å²) in [6.45, 7) is 23.5. The molecule has 4 aromatic heterocycles.